The smallest absolute Gasteiger partial charge is 0.0620 e. The van der Waals surface area contributed by atoms with E-state index in [2.05, 4.69) is 122 Å². The Balaban J connectivity index is 1.86. The van der Waals surface area contributed by atoms with Gasteiger partial charge in [-0.2, -0.15) is 0 Å². The monoisotopic (exact) mass is 381 g/mol. The Bertz CT molecular complexity index is 894. The molecule has 0 aliphatic carbocycles. The minimum Gasteiger partial charge on any atom is -0.0620 e. The van der Waals surface area contributed by atoms with Crippen LogP contribution in [0.4, 0.5) is 0 Å². The first-order valence-electron chi connectivity index (χ1n) is 9.89. The van der Waals surface area contributed by atoms with Crippen molar-refractivity contribution in [1.82, 2.24) is 0 Å². The number of aryl methyl sites for hydroxylation is 2. The van der Waals surface area contributed by atoms with E-state index in [0.717, 1.165) is 12.6 Å². The van der Waals surface area contributed by atoms with Gasteiger partial charge in [0.25, 0.3) is 0 Å². The molecule has 0 saturated heterocycles. The Morgan fingerprint density at radius 3 is 1.29 bits per heavy atom. The predicted octanol–water partition coefficient (Wildman–Crippen LogP) is 5.53. The molecule has 0 N–H and O–H groups in total. The van der Waals surface area contributed by atoms with Crippen molar-refractivity contribution in [2.45, 2.75) is 13.3 Å². The molecule has 0 saturated carbocycles. The van der Waals surface area contributed by atoms with E-state index in [0.29, 0.717) is 0 Å². The van der Waals surface area contributed by atoms with Crippen LogP contribution in [0.3, 0.4) is 0 Å². The highest BCUT2D eigenvalue weighted by molar-refractivity contribution is 7.95. The average molecular weight is 381 g/mol. The molecule has 0 heterocycles. The summed E-state index contributed by atoms with van der Waals surface area (Å²) < 4.78 is 0. The van der Waals surface area contributed by atoms with E-state index in [9.17, 15) is 0 Å². The molecule has 0 aromatic heterocycles. The molecule has 1 heteroatoms. The zero-order valence-corrected chi connectivity index (χ0v) is 17.2. The minimum atomic E-state index is -1.73. The van der Waals surface area contributed by atoms with Crippen molar-refractivity contribution in [2.24, 2.45) is 0 Å². The molecular weight excluding hydrogens is 355 g/mol. The largest absolute Gasteiger partial charge is 0.112 e. The summed E-state index contributed by atoms with van der Waals surface area (Å²) in [6.45, 7) is 2.15. The summed E-state index contributed by atoms with van der Waals surface area (Å²) >= 11 is 0. The van der Waals surface area contributed by atoms with Gasteiger partial charge in [0.15, 0.2) is 0 Å². The van der Waals surface area contributed by atoms with E-state index in [1.54, 1.807) is 0 Å². The van der Waals surface area contributed by atoms with Crippen molar-refractivity contribution in [3.05, 3.63) is 126 Å². The van der Waals surface area contributed by atoms with Crippen molar-refractivity contribution in [2.75, 3.05) is 6.16 Å². The summed E-state index contributed by atoms with van der Waals surface area (Å²) in [6, 6.07) is 42.4. The quantitative estimate of drug-likeness (QED) is 0.385. The standard InChI is InChI=1S/C27H26P/c1-23-17-19-24(20-18-23)21-22-28(25-11-5-2-6-12-25,26-13-7-3-8-14-26)27-15-9-4-10-16-27/h2-20H,21-22H2,1H3/q+1. The predicted molar refractivity (Wildman–Crippen MR) is 125 cm³/mol. The summed E-state index contributed by atoms with van der Waals surface area (Å²) in [6.07, 6.45) is 2.21. The lowest BCUT2D eigenvalue weighted by Gasteiger charge is -2.27. The van der Waals surface area contributed by atoms with Crippen LogP contribution in [0.1, 0.15) is 11.1 Å². The van der Waals surface area contributed by atoms with Crippen molar-refractivity contribution >= 4 is 23.2 Å². The molecule has 0 atom stereocenters. The van der Waals surface area contributed by atoms with E-state index < -0.39 is 7.26 Å². The Labute approximate surface area is 169 Å². The highest BCUT2D eigenvalue weighted by Gasteiger charge is 2.44. The van der Waals surface area contributed by atoms with Crippen LogP contribution in [0.15, 0.2) is 115 Å². The second-order valence-electron chi connectivity index (χ2n) is 7.28. The highest BCUT2D eigenvalue weighted by atomic mass is 31.2. The summed E-state index contributed by atoms with van der Waals surface area (Å²) in [5.74, 6) is 0. The first-order valence-corrected chi connectivity index (χ1v) is 11.9. The van der Waals surface area contributed by atoms with Gasteiger partial charge in [0.2, 0.25) is 0 Å². The molecule has 4 rings (SSSR count). The lowest BCUT2D eigenvalue weighted by atomic mass is 10.1. The first-order chi connectivity index (χ1) is 13.8. The molecular formula is C27H26P+. The van der Waals surface area contributed by atoms with E-state index in [-0.39, 0.29) is 0 Å². The van der Waals surface area contributed by atoms with Crippen LogP contribution < -0.4 is 15.9 Å². The Kier molecular flexibility index (Phi) is 5.70. The molecule has 0 unspecified atom stereocenters. The van der Waals surface area contributed by atoms with Gasteiger partial charge in [-0.1, -0.05) is 84.4 Å². The molecule has 138 valence electrons. The van der Waals surface area contributed by atoms with Gasteiger partial charge in [-0.15, -0.1) is 0 Å². The first kappa shape index (κ1) is 18.7. The lowest BCUT2D eigenvalue weighted by Crippen LogP contribution is -2.34. The lowest BCUT2D eigenvalue weighted by molar-refractivity contribution is 1.14. The molecule has 0 fully saturated rings. The van der Waals surface area contributed by atoms with E-state index in [1.165, 1.54) is 27.0 Å². The number of hydrogen-bond donors (Lipinski definition) is 0. The van der Waals surface area contributed by atoms with Crippen LogP contribution in [-0.4, -0.2) is 6.16 Å². The van der Waals surface area contributed by atoms with E-state index >= 15 is 0 Å². The Morgan fingerprint density at radius 2 is 0.893 bits per heavy atom. The molecule has 28 heavy (non-hydrogen) atoms. The average Bonchev–Trinajstić information content (AvgIpc) is 2.78. The summed E-state index contributed by atoms with van der Waals surface area (Å²) in [5.41, 5.74) is 2.73. The van der Waals surface area contributed by atoms with Gasteiger partial charge in [0.05, 0.1) is 6.16 Å². The van der Waals surface area contributed by atoms with Crippen LogP contribution in [0.25, 0.3) is 0 Å². The maximum atomic E-state index is 2.32. The molecule has 4 aromatic rings. The van der Waals surface area contributed by atoms with Crippen LogP contribution in [0.5, 0.6) is 0 Å². The maximum absolute atomic E-state index is 2.32. The van der Waals surface area contributed by atoms with Gasteiger partial charge in [0, 0.05) is 6.42 Å². The van der Waals surface area contributed by atoms with Gasteiger partial charge < -0.3 is 0 Å². The summed E-state index contributed by atoms with van der Waals surface area (Å²) in [4.78, 5) is 0. The topological polar surface area (TPSA) is 0 Å². The SMILES string of the molecule is Cc1ccc(CC[P+](c2ccccc2)(c2ccccc2)c2ccccc2)cc1. The van der Waals surface area contributed by atoms with Gasteiger partial charge in [0.1, 0.15) is 23.2 Å². The van der Waals surface area contributed by atoms with Crippen LogP contribution in [0, 0.1) is 6.92 Å². The number of rotatable bonds is 6. The summed E-state index contributed by atoms with van der Waals surface area (Å²) in [7, 11) is -1.73. The van der Waals surface area contributed by atoms with E-state index in [4.69, 9.17) is 0 Å². The fraction of sp³-hybridized carbons (Fsp3) is 0.111. The van der Waals surface area contributed by atoms with Crippen molar-refractivity contribution in [1.29, 1.82) is 0 Å². The van der Waals surface area contributed by atoms with Crippen LogP contribution >= 0.6 is 7.26 Å². The fourth-order valence-corrected chi connectivity index (χ4v) is 8.24. The normalized spacial score (nSPS) is 11.3. The highest BCUT2D eigenvalue weighted by Crippen LogP contribution is 2.55. The molecule has 0 amide bonds. The van der Waals surface area contributed by atoms with E-state index in [1.807, 2.05) is 0 Å². The fourth-order valence-electron chi connectivity index (χ4n) is 3.93. The third-order valence-electron chi connectivity index (χ3n) is 5.45. The molecule has 0 radical (unpaired) electrons. The minimum absolute atomic E-state index is 1.08. The Hall–Kier alpha value is -2.69. The molecule has 0 aliphatic heterocycles. The van der Waals surface area contributed by atoms with Gasteiger partial charge in [-0.25, -0.2) is 0 Å². The Morgan fingerprint density at radius 1 is 0.500 bits per heavy atom. The molecule has 4 aromatic carbocycles. The van der Waals surface area contributed by atoms with Gasteiger partial charge >= 0.3 is 0 Å². The maximum Gasteiger partial charge on any atom is 0.112 e. The van der Waals surface area contributed by atoms with Crippen molar-refractivity contribution < 1.29 is 0 Å². The number of benzene rings is 4. The summed E-state index contributed by atoms with van der Waals surface area (Å²) in [5, 5.41) is 4.37. The second kappa shape index (κ2) is 8.55. The molecule has 0 aliphatic rings. The van der Waals surface area contributed by atoms with Crippen LogP contribution in [0.2, 0.25) is 0 Å². The molecule has 0 spiro atoms. The zero-order chi connectivity index (χ0) is 19.2. The second-order valence-corrected chi connectivity index (χ2v) is 10.9. The van der Waals surface area contributed by atoms with Gasteiger partial charge in [-0.05, 0) is 48.9 Å². The molecule has 0 bridgehead atoms. The third-order valence-corrected chi connectivity index (χ3v) is 9.88. The zero-order valence-electron chi connectivity index (χ0n) is 16.3. The van der Waals surface area contributed by atoms with Gasteiger partial charge in [-0.3, -0.25) is 0 Å². The van der Waals surface area contributed by atoms with Crippen LogP contribution in [-0.2, 0) is 6.42 Å². The third kappa shape index (κ3) is 3.79. The molecule has 0 nitrogen and oxygen atoms in total. The van der Waals surface area contributed by atoms with Crippen molar-refractivity contribution in [3.63, 3.8) is 0 Å². The number of hydrogen-bond acceptors (Lipinski definition) is 0. The van der Waals surface area contributed by atoms with Crippen molar-refractivity contribution in [3.8, 4) is 0 Å².